The molecule has 0 atom stereocenters. The van der Waals surface area contributed by atoms with Crippen LogP contribution in [0.25, 0.3) is 0 Å². The highest BCUT2D eigenvalue weighted by Crippen LogP contribution is 2.19. The SMILES string of the molecule is CSc1nc(NC(C)(C)C)nc(SC#N)n1. The van der Waals surface area contributed by atoms with Crippen molar-refractivity contribution in [3.63, 3.8) is 0 Å². The van der Waals surface area contributed by atoms with Gasteiger partial charge in [-0.1, -0.05) is 11.8 Å². The maximum absolute atomic E-state index is 8.59. The number of nitriles is 1. The van der Waals surface area contributed by atoms with Crippen LogP contribution in [0.3, 0.4) is 0 Å². The number of anilines is 1. The molecule has 7 heteroatoms. The molecule has 5 nitrogen and oxygen atoms in total. The van der Waals surface area contributed by atoms with Crippen molar-refractivity contribution in [3.05, 3.63) is 0 Å². The first-order chi connectivity index (χ1) is 7.44. The van der Waals surface area contributed by atoms with Crippen molar-refractivity contribution in [3.8, 4) is 5.40 Å². The van der Waals surface area contributed by atoms with Gasteiger partial charge in [-0.05, 0) is 27.0 Å². The third-order valence-corrected chi connectivity index (χ3v) is 2.40. The number of hydrogen-bond acceptors (Lipinski definition) is 7. The first-order valence-electron chi connectivity index (χ1n) is 4.59. The lowest BCUT2D eigenvalue weighted by molar-refractivity contribution is 0.617. The second-order valence-corrected chi connectivity index (χ2v) is 5.52. The molecule has 0 radical (unpaired) electrons. The molecule has 0 saturated heterocycles. The van der Waals surface area contributed by atoms with Gasteiger partial charge in [0.05, 0.1) is 0 Å². The van der Waals surface area contributed by atoms with Crippen molar-refractivity contribution in [2.75, 3.05) is 11.6 Å². The van der Waals surface area contributed by atoms with Crippen LogP contribution in [-0.4, -0.2) is 26.7 Å². The number of aromatic nitrogens is 3. The van der Waals surface area contributed by atoms with Gasteiger partial charge in [0.25, 0.3) is 0 Å². The molecular formula is C9H13N5S2. The molecule has 1 aromatic rings. The van der Waals surface area contributed by atoms with E-state index in [-0.39, 0.29) is 5.54 Å². The van der Waals surface area contributed by atoms with E-state index < -0.39 is 0 Å². The molecule has 0 fully saturated rings. The summed E-state index contributed by atoms with van der Waals surface area (Å²) >= 11 is 2.36. The van der Waals surface area contributed by atoms with Crippen LogP contribution in [-0.2, 0) is 0 Å². The van der Waals surface area contributed by atoms with E-state index in [0.29, 0.717) is 16.3 Å². The fraction of sp³-hybridized carbons (Fsp3) is 0.556. The van der Waals surface area contributed by atoms with Gasteiger partial charge in [-0.3, -0.25) is 0 Å². The smallest absolute Gasteiger partial charge is 0.228 e. The van der Waals surface area contributed by atoms with Crippen LogP contribution in [0.15, 0.2) is 10.3 Å². The van der Waals surface area contributed by atoms with Gasteiger partial charge in [-0.15, -0.1) is 0 Å². The largest absolute Gasteiger partial charge is 0.349 e. The molecule has 86 valence electrons. The second-order valence-electron chi connectivity index (χ2n) is 4.00. The standard InChI is InChI=1S/C9H13N5S2/c1-9(2,3)14-6-11-7(15-4)13-8(12-6)16-5-10/h1-4H3,(H,11,12,13,14). The van der Waals surface area contributed by atoms with Gasteiger partial charge in [0.2, 0.25) is 11.1 Å². The quantitative estimate of drug-likeness (QED) is 0.656. The van der Waals surface area contributed by atoms with E-state index in [1.54, 1.807) is 0 Å². The van der Waals surface area contributed by atoms with Gasteiger partial charge < -0.3 is 5.32 Å². The molecule has 0 spiro atoms. The lowest BCUT2D eigenvalue weighted by Gasteiger charge is -2.20. The fourth-order valence-electron chi connectivity index (χ4n) is 0.907. The molecule has 1 rings (SSSR count). The topological polar surface area (TPSA) is 74.5 Å². The lowest BCUT2D eigenvalue weighted by Crippen LogP contribution is -2.27. The van der Waals surface area contributed by atoms with Crippen molar-refractivity contribution in [1.29, 1.82) is 5.26 Å². The second kappa shape index (κ2) is 5.37. The molecular weight excluding hydrogens is 242 g/mol. The zero-order valence-electron chi connectivity index (χ0n) is 9.61. The average molecular weight is 255 g/mol. The van der Waals surface area contributed by atoms with Crippen molar-refractivity contribution in [2.45, 2.75) is 36.6 Å². The predicted molar refractivity (Wildman–Crippen MR) is 66.5 cm³/mol. The zero-order chi connectivity index (χ0) is 12.2. The van der Waals surface area contributed by atoms with Crippen molar-refractivity contribution >= 4 is 29.5 Å². The Morgan fingerprint density at radius 1 is 1.19 bits per heavy atom. The summed E-state index contributed by atoms with van der Waals surface area (Å²) in [7, 11) is 0. The molecule has 0 aromatic carbocycles. The summed E-state index contributed by atoms with van der Waals surface area (Å²) in [5, 5.41) is 14.7. The van der Waals surface area contributed by atoms with E-state index >= 15 is 0 Å². The summed E-state index contributed by atoms with van der Waals surface area (Å²) in [6.07, 6.45) is 1.89. The van der Waals surface area contributed by atoms with Crippen LogP contribution < -0.4 is 5.32 Å². The average Bonchev–Trinajstić information content (AvgIpc) is 2.15. The molecule has 0 aliphatic carbocycles. The highest BCUT2D eigenvalue weighted by atomic mass is 32.2. The van der Waals surface area contributed by atoms with E-state index in [1.807, 2.05) is 32.4 Å². The van der Waals surface area contributed by atoms with Gasteiger partial charge in [-0.2, -0.15) is 20.2 Å². The van der Waals surface area contributed by atoms with Gasteiger partial charge >= 0.3 is 0 Å². The number of thiocyanates is 1. The Kier molecular flexibility index (Phi) is 4.38. The van der Waals surface area contributed by atoms with Crippen LogP contribution >= 0.6 is 23.5 Å². The molecule has 0 aliphatic rings. The van der Waals surface area contributed by atoms with Gasteiger partial charge in [0.1, 0.15) is 5.40 Å². The van der Waals surface area contributed by atoms with Gasteiger partial charge in [0.15, 0.2) is 5.16 Å². The summed E-state index contributed by atoms with van der Waals surface area (Å²) in [5.41, 5.74) is -0.119. The Balaban J connectivity index is 3.00. The number of thioether (sulfide) groups is 2. The normalized spacial score (nSPS) is 10.9. The Morgan fingerprint density at radius 3 is 2.31 bits per heavy atom. The highest BCUT2D eigenvalue weighted by molar-refractivity contribution is 8.03. The zero-order valence-corrected chi connectivity index (χ0v) is 11.2. The Labute approximate surface area is 103 Å². The van der Waals surface area contributed by atoms with E-state index in [2.05, 4.69) is 20.3 Å². The third-order valence-electron chi connectivity index (χ3n) is 1.40. The number of rotatable bonds is 3. The van der Waals surface area contributed by atoms with Crippen LogP contribution in [0.4, 0.5) is 5.95 Å². The number of nitrogens with one attached hydrogen (secondary N) is 1. The Morgan fingerprint density at radius 2 is 1.81 bits per heavy atom. The Hall–Kier alpha value is -1.00. The molecule has 0 saturated carbocycles. The van der Waals surface area contributed by atoms with Crippen LogP contribution in [0.1, 0.15) is 20.8 Å². The number of hydrogen-bond donors (Lipinski definition) is 1. The molecule has 1 aromatic heterocycles. The molecule has 1 N–H and O–H groups in total. The maximum atomic E-state index is 8.59. The van der Waals surface area contributed by atoms with Crippen LogP contribution in [0.2, 0.25) is 0 Å². The van der Waals surface area contributed by atoms with Crippen LogP contribution in [0.5, 0.6) is 0 Å². The summed E-state index contributed by atoms with van der Waals surface area (Å²) in [6.45, 7) is 6.06. The molecule has 0 unspecified atom stereocenters. The fourth-order valence-corrected chi connectivity index (χ4v) is 1.67. The summed E-state index contributed by atoms with van der Waals surface area (Å²) in [5.74, 6) is 0.504. The van der Waals surface area contributed by atoms with E-state index in [4.69, 9.17) is 5.26 Å². The lowest BCUT2D eigenvalue weighted by atomic mass is 10.1. The minimum absolute atomic E-state index is 0.119. The Bertz CT molecular complexity index is 407. The minimum Gasteiger partial charge on any atom is -0.349 e. The van der Waals surface area contributed by atoms with Crippen LogP contribution in [0, 0.1) is 10.7 Å². The van der Waals surface area contributed by atoms with Crippen molar-refractivity contribution in [1.82, 2.24) is 15.0 Å². The first-order valence-corrected chi connectivity index (χ1v) is 6.63. The molecule has 0 bridgehead atoms. The molecule has 16 heavy (non-hydrogen) atoms. The van der Waals surface area contributed by atoms with E-state index in [0.717, 1.165) is 11.8 Å². The van der Waals surface area contributed by atoms with Gasteiger partial charge in [0, 0.05) is 17.3 Å². The van der Waals surface area contributed by atoms with Gasteiger partial charge in [-0.25, -0.2) is 0 Å². The van der Waals surface area contributed by atoms with Crippen molar-refractivity contribution in [2.24, 2.45) is 0 Å². The van der Waals surface area contributed by atoms with E-state index in [1.165, 1.54) is 11.8 Å². The third kappa shape index (κ3) is 4.24. The van der Waals surface area contributed by atoms with Crippen molar-refractivity contribution < 1.29 is 0 Å². The summed E-state index contributed by atoms with van der Waals surface area (Å²) in [4.78, 5) is 12.5. The first kappa shape index (κ1) is 13.1. The highest BCUT2D eigenvalue weighted by Gasteiger charge is 2.13. The molecule has 0 aliphatic heterocycles. The summed E-state index contributed by atoms with van der Waals surface area (Å²) in [6, 6.07) is 0. The monoisotopic (exact) mass is 255 g/mol. The number of nitrogens with zero attached hydrogens (tertiary/aromatic N) is 4. The minimum atomic E-state index is -0.119. The van der Waals surface area contributed by atoms with E-state index in [9.17, 15) is 0 Å². The molecule has 0 amide bonds. The predicted octanol–water partition coefficient (Wildman–Crippen LogP) is 2.38. The summed E-state index contributed by atoms with van der Waals surface area (Å²) < 4.78 is 0. The maximum Gasteiger partial charge on any atom is 0.228 e. The molecule has 1 heterocycles.